The molecule has 1 N–H and O–H groups in total. The van der Waals surface area contributed by atoms with E-state index in [1.54, 1.807) is 30.3 Å². The molecule has 0 spiro atoms. The number of amides is 2. The molecule has 2 aromatic rings. The zero-order chi connectivity index (χ0) is 18.4. The number of likely N-dealkylation sites (N-methyl/N-ethyl adjacent to an activating group) is 1. The molecule has 0 aliphatic carbocycles. The first-order valence-electron chi connectivity index (χ1n) is 8.50. The summed E-state index contributed by atoms with van der Waals surface area (Å²) in [6, 6.07) is 13.1. The molecule has 2 amide bonds. The van der Waals surface area contributed by atoms with E-state index in [-0.39, 0.29) is 11.8 Å². The molecule has 1 unspecified atom stereocenters. The number of nitrogens with one attached hydrogen (secondary N) is 1. The number of nitrogens with zero attached hydrogens (tertiary/aromatic N) is 2. The highest BCUT2D eigenvalue weighted by Gasteiger charge is 2.30. The first-order valence-corrected chi connectivity index (χ1v) is 9.49. The van der Waals surface area contributed by atoms with E-state index < -0.39 is 6.04 Å². The van der Waals surface area contributed by atoms with Crippen molar-refractivity contribution < 1.29 is 9.59 Å². The Bertz CT molecular complexity index is 808. The molecule has 26 heavy (non-hydrogen) atoms. The second-order valence-electron chi connectivity index (χ2n) is 6.05. The van der Waals surface area contributed by atoms with Crippen molar-refractivity contribution in [2.75, 3.05) is 19.3 Å². The number of hydrogen-bond donors (Lipinski definition) is 1. The van der Waals surface area contributed by atoms with Crippen molar-refractivity contribution in [3.63, 3.8) is 0 Å². The largest absolute Gasteiger partial charge is 0.344 e. The molecule has 1 saturated heterocycles. The molecule has 0 saturated carbocycles. The van der Waals surface area contributed by atoms with Gasteiger partial charge in [-0.05, 0) is 24.1 Å². The molecule has 1 aromatic carbocycles. The Morgan fingerprint density at radius 3 is 2.85 bits per heavy atom. The fraction of sp³-hybridized carbons (Fsp3) is 0.250. The number of pyridine rings is 1. The molecule has 3 rings (SSSR count). The van der Waals surface area contributed by atoms with Gasteiger partial charge >= 0.3 is 0 Å². The molecule has 1 aromatic heterocycles. The summed E-state index contributed by atoms with van der Waals surface area (Å²) >= 11 is 1.50. The number of carbonyl (C=O) groups excluding carboxylic acids is 2. The van der Waals surface area contributed by atoms with Crippen LogP contribution in [0.4, 0.5) is 0 Å². The second-order valence-corrected chi connectivity index (χ2v) is 7.06. The number of thioether (sulfide) groups is 1. The summed E-state index contributed by atoms with van der Waals surface area (Å²) in [7, 11) is 1.75. The highest BCUT2D eigenvalue weighted by atomic mass is 32.2. The minimum atomic E-state index is -0.441. The van der Waals surface area contributed by atoms with Crippen LogP contribution in [-0.4, -0.2) is 47.1 Å². The van der Waals surface area contributed by atoms with Gasteiger partial charge in [0.1, 0.15) is 11.1 Å². The van der Waals surface area contributed by atoms with Gasteiger partial charge in [-0.1, -0.05) is 42.5 Å². The summed E-state index contributed by atoms with van der Waals surface area (Å²) in [6.07, 6.45) is 6.41. The Balaban J connectivity index is 1.61. The van der Waals surface area contributed by atoms with Crippen molar-refractivity contribution in [2.24, 2.45) is 0 Å². The number of hydrogen-bond acceptors (Lipinski definition) is 4. The minimum Gasteiger partial charge on any atom is -0.344 e. The van der Waals surface area contributed by atoms with Crippen LogP contribution in [0.1, 0.15) is 22.3 Å². The van der Waals surface area contributed by atoms with E-state index in [9.17, 15) is 9.59 Å². The summed E-state index contributed by atoms with van der Waals surface area (Å²) < 4.78 is 0. The van der Waals surface area contributed by atoms with Crippen LogP contribution in [0.15, 0.2) is 59.8 Å². The SMILES string of the molecule is CN1CCC(NC(=O)c2cccnc2SC/C=C/c2ccccc2)C1=O. The van der Waals surface area contributed by atoms with Crippen molar-refractivity contribution in [1.82, 2.24) is 15.2 Å². The summed E-state index contributed by atoms with van der Waals surface area (Å²) in [5.74, 6) is 0.417. The van der Waals surface area contributed by atoms with Gasteiger partial charge in [-0.2, -0.15) is 0 Å². The van der Waals surface area contributed by atoms with Crippen molar-refractivity contribution >= 4 is 29.7 Å². The highest BCUT2D eigenvalue weighted by molar-refractivity contribution is 7.99. The summed E-state index contributed by atoms with van der Waals surface area (Å²) in [5, 5.41) is 3.50. The van der Waals surface area contributed by atoms with Gasteiger partial charge in [-0.15, -0.1) is 11.8 Å². The highest BCUT2D eigenvalue weighted by Crippen LogP contribution is 2.21. The van der Waals surface area contributed by atoms with Gasteiger partial charge in [0.15, 0.2) is 0 Å². The van der Waals surface area contributed by atoms with Crippen molar-refractivity contribution in [1.29, 1.82) is 0 Å². The molecule has 0 bridgehead atoms. The number of benzene rings is 1. The van der Waals surface area contributed by atoms with Crippen LogP contribution in [-0.2, 0) is 4.79 Å². The van der Waals surface area contributed by atoms with E-state index in [4.69, 9.17) is 0 Å². The monoisotopic (exact) mass is 367 g/mol. The maximum Gasteiger partial charge on any atom is 0.254 e. The molecule has 1 fully saturated rings. The lowest BCUT2D eigenvalue weighted by atomic mass is 10.2. The van der Waals surface area contributed by atoms with Gasteiger partial charge < -0.3 is 10.2 Å². The second kappa shape index (κ2) is 8.67. The van der Waals surface area contributed by atoms with Crippen LogP contribution in [0.25, 0.3) is 6.08 Å². The van der Waals surface area contributed by atoms with E-state index in [1.165, 1.54) is 11.8 Å². The Hall–Kier alpha value is -2.60. The van der Waals surface area contributed by atoms with Crippen LogP contribution in [0.3, 0.4) is 0 Å². The van der Waals surface area contributed by atoms with Gasteiger partial charge in [0.2, 0.25) is 5.91 Å². The zero-order valence-corrected chi connectivity index (χ0v) is 15.4. The third-order valence-corrected chi connectivity index (χ3v) is 5.13. The topological polar surface area (TPSA) is 62.3 Å². The number of likely N-dealkylation sites (tertiary alicyclic amines) is 1. The fourth-order valence-corrected chi connectivity index (χ4v) is 3.55. The van der Waals surface area contributed by atoms with Gasteiger partial charge in [0.25, 0.3) is 5.91 Å². The summed E-state index contributed by atoms with van der Waals surface area (Å²) in [4.78, 5) is 30.5. The first kappa shape index (κ1) is 18.2. The van der Waals surface area contributed by atoms with Crippen molar-refractivity contribution in [3.8, 4) is 0 Å². The van der Waals surface area contributed by atoms with Crippen molar-refractivity contribution in [3.05, 3.63) is 65.9 Å². The molecule has 5 nitrogen and oxygen atoms in total. The molecule has 6 heteroatoms. The quantitative estimate of drug-likeness (QED) is 0.798. The van der Waals surface area contributed by atoms with E-state index in [0.717, 1.165) is 5.56 Å². The molecule has 0 radical (unpaired) electrons. The zero-order valence-electron chi connectivity index (χ0n) is 14.6. The van der Waals surface area contributed by atoms with Crippen LogP contribution in [0.2, 0.25) is 0 Å². The van der Waals surface area contributed by atoms with Crippen LogP contribution >= 0.6 is 11.8 Å². The van der Waals surface area contributed by atoms with Crippen LogP contribution in [0.5, 0.6) is 0 Å². The third-order valence-electron chi connectivity index (χ3n) is 4.17. The third kappa shape index (κ3) is 4.52. The summed E-state index contributed by atoms with van der Waals surface area (Å²) in [6.45, 7) is 0.669. The number of rotatable bonds is 6. The Labute approximate surface area is 157 Å². The van der Waals surface area contributed by atoms with E-state index in [0.29, 0.717) is 29.3 Å². The molecular formula is C20H21N3O2S. The average molecular weight is 367 g/mol. The normalized spacial score (nSPS) is 17.0. The smallest absolute Gasteiger partial charge is 0.254 e. The average Bonchev–Trinajstić information content (AvgIpc) is 2.98. The standard InChI is InChI=1S/C20H21N3O2S/c1-23-13-11-17(20(23)25)22-18(24)16-10-5-12-21-19(16)26-14-6-9-15-7-3-2-4-8-15/h2-10,12,17H,11,13-14H2,1H3,(H,22,24)/b9-6+. The number of aromatic nitrogens is 1. The summed E-state index contributed by atoms with van der Waals surface area (Å²) in [5.41, 5.74) is 1.64. The maximum atomic E-state index is 12.6. The van der Waals surface area contributed by atoms with Crippen molar-refractivity contribution in [2.45, 2.75) is 17.5 Å². The molecule has 1 aliphatic rings. The van der Waals surface area contributed by atoms with Gasteiger partial charge in [-0.25, -0.2) is 4.98 Å². The first-order chi connectivity index (χ1) is 12.6. The lowest BCUT2D eigenvalue weighted by Crippen LogP contribution is -2.40. The molecule has 1 aliphatic heterocycles. The Morgan fingerprint density at radius 2 is 2.12 bits per heavy atom. The predicted octanol–water partition coefficient (Wildman–Crippen LogP) is 2.85. The maximum absolute atomic E-state index is 12.6. The number of carbonyl (C=O) groups is 2. The molecule has 134 valence electrons. The Kier molecular flexibility index (Phi) is 6.07. The minimum absolute atomic E-state index is 0.0396. The molecule has 2 heterocycles. The lowest BCUT2D eigenvalue weighted by molar-refractivity contribution is -0.128. The predicted molar refractivity (Wildman–Crippen MR) is 104 cm³/mol. The Morgan fingerprint density at radius 1 is 1.31 bits per heavy atom. The van der Waals surface area contributed by atoms with Gasteiger partial charge in [-0.3, -0.25) is 9.59 Å². The lowest BCUT2D eigenvalue weighted by Gasteiger charge is -2.13. The van der Waals surface area contributed by atoms with Crippen LogP contribution in [0, 0.1) is 0 Å². The van der Waals surface area contributed by atoms with E-state index in [2.05, 4.69) is 10.3 Å². The van der Waals surface area contributed by atoms with Gasteiger partial charge in [0, 0.05) is 25.5 Å². The van der Waals surface area contributed by atoms with Gasteiger partial charge in [0.05, 0.1) is 5.56 Å². The molecule has 1 atom stereocenters. The molecular weight excluding hydrogens is 346 g/mol. The van der Waals surface area contributed by atoms with E-state index in [1.807, 2.05) is 42.5 Å². The van der Waals surface area contributed by atoms with E-state index >= 15 is 0 Å². The fourth-order valence-electron chi connectivity index (χ4n) is 2.75. The van der Waals surface area contributed by atoms with Crippen LogP contribution < -0.4 is 5.32 Å².